The van der Waals surface area contributed by atoms with E-state index in [9.17, 15) is 114 Å². The molecule has 10 rings (SSSR count). The molecular formula is C52H36Cl2N14O26S8. The third kappa shape index (κ3) is 16.9. The summed E-state index contributed by atoms with van der Waals surface area (Å²) in [7, 11) is -41.8. The number of halogens is 2. The molecule has 0 saturated carbocycles. The van der Waals surface area contributed by atoms with E-state index in [4.69, 9.17) is 23.2 Å². The van der Waals surface area contributed by atoms with Crippen molar-refractivity contribution in [3.05, 3.63) is 143 Å². The molecule has 0 aliphatic rings. The molecule has 0 spiro atoms. The van der Waals surface area contributed by atoms with Gasteiger partial charge in [-0.15, -0.1) is 20.5 Å². The van der Waals surface area contributed by atoms with Crippen LogP contribution in [0.3, 0.4) is 0 Å². The van der Waals surface area contributed by atoms with Crippen LogP contribution < -0.4 is 21.3 Å². The Kier molecular flexibility index (Phi) is 20.0. The van der Waals surface area contributed by atoms with E-state index >= 15 is 0 Å². The number of benzene rings is 8. The van der Waals surface area contributed by atoms with Crippen LogP contribution in [-0.2, 0) is 80.9 Å². The highest BCUT2D eigenvalue weighted by Gasteiger charge is 2.30. The Labute approximate surface area is 582 Å². The van der Waals surface area contributed by atoms with Gasteiger partial charge in [0.25, 0.3) is 80.9 Å². The number of nitrogens with zero attached hydrogens (tertiary/aromatic N) is 10. The van der Waals surface area contributed by atoms with Crippen molar-refractivity contribution in [2.45, 2.75) is 39.2 Å². The molecule has 10 aromatic rings. The summed E-state index contributed by atoms with van der Waals surface area (Å²) in [6.07, 6.45) is 1.94. The van der Waals surface area contributed by atoms with E-state index < -0.39 is 222 Å². The van der Waals surface area contributed by atoms with Gasteiger partial charge >= 0.3 is 0 Å². The first-order valence-electron chi connectivity index (χ1n) is 26.6. The van der Waals surface area contributed by atoms with Crippen LogP contribution in [0.1, 0.15) is 11.1 Å². The predicted molar refractivity (Wildman–Crippen MR) is 356 cm³/mol. The van der Waals surface area contributed by atoms with Crippen molar-refractivity contribution < 1.29 is 114 Å². The molecule has 0 fully saturated rings. The number of anilines is 8. The number of rotatable bonds is 22. The summed E-state index contributed by atoms with van der Waals surface area (Å²) in [5, 5.41) is 44.3. The van der Waals surface area contributed by atoms with Crippen molar-refractivity contribution in [3.8, 4) is 11.5 Å². The first-order chi connectivity index (χ1) is 47.2. The van der Waals surface area contributed by atoms with Crippen LogP contribution in [0.5, 0.6) is 11.5 Å². The Hall–Kier alpha value is -10.1. The van der Waals surface area contributed by atoms with Gasteiger partial charge in [-0.05, 0) is 130 Å². The maximum atomic E-state index is 12.9. The minimum absolute atomic E-state index is 0.261. The van der Waals surface area contributed by atoms with Gasteiger partial charge in [0.05, 0.1) is 21.2 Å². The summed E-state index contributed by atoms with van der Waals surface area (Å²) < 4.78 is 281. The average Bonchev–Trinajstić information content (AvgIpc) is 0.751. The zero-order valence-corrected chi connectivity index (χ0v) is 57.2. The molecule has 40 nitrogen and oxygen atoms in total. The Morgan fingerprint density at radius 2 is 0.647 bits per heavy atom. The number of nitrogens with one attached hydrogen (secondary N) is 4. The third-order valence-electron chi connectivity index (χ3n) is 13.4. The lowest BCUT2D eigenvalue weighted by molar-refractivity contribution is 0.471. The van der Waals surface area contributed by atoms with Crippen LogP contribution in [0.4, 0.5) is 69.3 Å². The van der Waals surface area contributed by atoms with Gasteiger partial charge in [0.1, 0.15) is 52.1 Å². The Balaban J connectivity index is 0.947. The molecule has 102 heavy (non-hydrogen) atoms. The van der Waals surface area contributed by atoms with Gasteiger partial charge < -0.3 is 31.5 Å². The van der Waals surface area contributed by atoms with Gasteiger partial charge in [-0.25, -0.2) is 0 Å². The van der Waals surface area contributed by atoms with E-state index in [0.29, 0.717) is 36.4 Å². The van der Waals surface area contributed by atoms with Gasteiger partial charge in [-0.1, -0.05) is 48.6 Å². The number of aromatic nitrogens is 6. The van der Waals surface area contributed by atoms with E-state index in [1.54, 1.807) is 0 Å². The van der Waals surface area contributed by atoms with Crippen LogP contribution in [0.25, 0.3) is 33.7 Å². The lowest BCUT2D eigenvalue weighted by Crippen LogP contribution is -2.07. The second-order valence-electron chi connectivity index (χ2n) is 20.3. The molecule has 50 heteroatoms. The zero-order chi connectivity index (χ0) is 74.8. The summed E-state index contributed by atoms with van der Waals surface area (Å²) >= 11 is 12.4. The molecule has 8 aromatic carbocycles. The van der Waals surface area contributed by atoms with Gasteiger partial charge in [-0.2, -0.15) is 97.2 Å². The fourth-order valence-corrected chi connectivity index (χ4v) is 14.7. The van der Waals surface area contributed by atoms with Crippen LogP contribution in [0, 0.1) is 0 Å². The average molecular weight is 1600 g/mol. The molecule has 0 radical (unpaired) electrons. The molecule has 0 aliphatic carbocycles. The predicted octanol–water partition coefficient (Wildman–Crippen LogP) is 9.03. The second-order valence-corrected chi connectivity index (χ2v) is 32.1. The largest absolute Gasteiger partial charge is 0.505 e. The SMILES string of the molecule is O=S(=O)(O)c1cc(Nc2nc(Cl)nc(Nc3ccc(C=Cc4ccc(Nc5nc(Cl)nc(Nc6cc(S(=O)(=O)O)cc7cc(S(=O)(=O)O)c(N=Nc8ccccc8S(=O)(=O)O)c(O)c67)n5)cc4S(=O)(=O)O)c(S(=O)(=O)O)c3)n2)c2c(O)c(N=Nc3ccccc3S(=O)(=O)O)c(S(=O)(=O)O)cc2c1. The highest BCUT2D eigenvalue weighted by atomic mass is 35.5. The first-order valence-corrected chi connectivity index (χ1v) is 38.8. The Morgan fingerprint density at radius 3 is 0.961 bits per heavy atom. The van der Waals surface area contributed by atoms with Gasteiger partial charge in [0.2, 0.25) is 34.4 Å². The van der Waals surface area contributed by atoms with Crippen molar-refractivity contribution in [3.63, 3.8) is 0 Å². The lowest BCUT2D eigenvalue weighted by atomic mass is 10.1. The number of hydrogen-bond acceptors (Lipinski definition) is 32. The van der Waals surface area contributed by atoms with Gasteiger partial charge in [0, 0.05) is 22.1 Å². The minimum Gasteiger partial charge on any atom is -0.505 e. The highest BCUT2D eigenvalue weighted by molar-refractivity contribution is 7.87. The molecule has 0 amide bonds. The second kappa shape index (κ2) is 27.3. The molecule has 0 unspecified atom stereocenters. The molecule has 2 aromatic heterocycles. The smallest absolute Gasteiger partial charge is 0.296 e. The molecule has 0 bridgehead atoms. The number of hydrogen-bond donors (Lipinski definition) is 14. The molecule has 0 aliphatic heterocycles. The first kappa shape index (κ1) is 74.6. The summed E-state index contributed by atoms with van der Waals surface area (Å²) in [5.74, 6) is -4.89. The third-order valence-corrected chi connectivity index (χ3v) is 20.8. The van der Waals surface area contributed by atoms with Gasteiger partial charge in [-0.3, -0.25) is 36.4 Å². The van der Waals surface area contributed by atoms with Crippen molar-refractivity contribution in [2.24, 2.45) is 20.5 Å². The Bertz CT molecular complexity index is 5970. The normalized spacial score (nSPS) is 13.0. The van der Waals surface area contributed by atoms with Crippen molar-refractivity contribution in [1.82, 2.24) is 29.9 Å². The maximum absolute atomic E-state index is 12.9. The number of azo groups is 2. The summed E-state index contributed by atoms with van der Waals surface area (Å²) in [4.78, 5) is 15.8. The maximum Gasteiger partial charge on any atom is 0.296 e. The van der Waals surface area contributed by atoms with E-state index in [2.05, 4.69) is 71.6 Å². The van der Waals surface area contributed by atoms with Gasteiger partial charge in [0.15, 0.2) is 11.5 Å². The van der Waals surface area contributed by atoms with E-state index in [1.165, 1.54) is 24.3 Å². The quantitative estimate of drug-likeness (QED) is 0.0171. The molecule has 14 N–H and O–H groups in total. The Morgan fingerprint density at radius 1 is 0.333 bits per heavy atom. The van der Waals surface area contributed by atoms with Crippen molar-refractivity contribution in [1.29, 1.82) is 0 Å². The molecular weight excluding hydrogens is 1560 g/mol. The van der Waals surface area contributed by atoms with E-state index in [1.807, 2.05) is 0 Å². The topological polar surface area (TPSA) is 650 Å². The summed E-state index contributed by atoms with van der Waals surface area (Å²) in [6, 6.07) is 18.4. The number of phenols is 2. The van der Waals surface area contributed by atoms with Crippen molar-refractivity contribution >= 4 is 207 Å². The standard InChI is InChI=1S/C52H36Cl2N14O26S8/c53-47-59-49(63-51(61-47)57-33-21-29(95(71,72)73)15-25-17-39(101(89,90)91)43(45(69)41(25)33)67-65-31-5-1-3-7-35(31)97(77,78)79)55-27-13-11-23(37(19-27)99(83,84)85)9-10-24-12-14-28(20-38(24)100(86,87)88)56-50-60-48(54)62-52(64-50)58-34-22-30(96(74,75)76)16-26-18-40(102(92,93)94)44(46(70)42(26)34)68-66-32-6-2-4-8-36(32)98(80,81)82/h1-22,69-70H,(H,71,72,73)(H,74,75,76)(H,77,78,79)(H,80,81,82)(H,83,84,85)(H,86,87,88)(H,89,90,91)(H,92,93,94)(H2,55,57,59,61,63)(H2,56,58,60,62,64). The van der Waals surface area contributed by atoms with Crippen LogP contribution in [0.15, 0.2) is 181 Å². The minimum atomic E-state index is -5.45. The monoisotopic (exact) mass is 1600 g/mol. The number of aromatic hydroxyl groups is 2. The van der Waals surface area contributed by atoms with E-state index in [0.717, 1.165) is 72.8 Å². The fourth-order valence-electron chi connectivity index (χ4n) is 9.27. The highest BCUT2D eigenvalue weighted by Crippen LogP contribution is 2.48. The van der Waals surface area contributed by atoms with Crippen LogP contribution in [-0.4, -0.2) is 144 Å². The van der Waals surface area contributed by atoms with E-state index in [-0.39, 0.29) is 22.5 Å². The molecule has 2 heterocycles. The molecule has 532 valence electrons. The summed E-state index contributed by atoms with van der Waals surface area (Å²) in [5.41, 5.74) is -5.87. The fraction of sp³-hybridized carbons (Fsp3) is 0. The van der Waals surface area contributed by atoms with Crippen LogP contribution >= 0.6 is 23.2 Å². The van der Waals surface area contributed by atoms with Crippen LogP contribution in [0.2, 0.25) is 10.6 Å². The van der Waals surface area contributed by atoms with Crippen molar-refractivity contribution in [2.75, 3.05) is 21.3 Å². The number of fused-ring (bicyclic) bond motifs is 2. The molecule has 0 saturated heterocycles. The number of phenolic OH excluding ortho intramolecular Hbond substituents is 2. The zero-order valence-electron chi connectivity index (χ0n) is 49.2. The molecule has 0 atom stereocenters. The lowest BCUT2D eigenvalue weighted by Gasteiger charge is -2.15. The summed E-state index contributed by atoms with van der Waals surface area (Å²) in [6.45, 7) is 0.